The lowest BCUT2D eigenvalue weighted by Crippen LogP contribution is -2.21. The van der Waals surface area contributed by atoms with Crippen LogP contribution >= 0.6 is 35.3 Å². The van der Waals surface area contributed by atoms with Gasteiger partial charge in [0.15, 0.2) is 14.8 Å². The molecule has 1 amide bonds. The Morgan fingerprint density at radius 1 is 1.17 bits per heavy atom. The van der Waals surface area contributed by atoms with Gasteiger partial charge >= 0.3 is 0 Å². The quantitative estimate of drug-likeness (QED) is 0.272. The van der Waals surface area contributed by atoms with Crippen LogP contribution in [0.15, 0.2) is 64.5 Å². The van der Waals surface area contributed by atoms with Crippen LogP contribution in [0.5, 0.6) is 0 Å². The second-order valence-electron chi connectivity index (χ2n) is 6.65. The summed E-state index contributed by atoms with van der Waals surface area (Å²) in [5.74, 6) is -0.0287. The summed E-state index contributed by atoms with van der Waals surface area (Å²) in [6.07, 6.45) is 0. The number of thioether (sulfide) groups is 1. The lowest BCUT2D eigenvalue weighted by molar-refractivity contribution is -0.113. The third-order valence-corrected chi connectivity index (χ3v) is 6.84. The van der Waals surface area contributed by atoms with Gasteiger partial charge in [-0.2, -0.15) is 0 Å². The largest absolute Gasteiger partial charge is 0.325 e. The molecular weight excluding hydrogens is 436 g/mol. The van der Waals surface area contributed by atoms with Gasteiger partial charge in [0.05, 0.1) is 5.75 Å². The van der Waals surface area contributed by atoms with E-state index in [1.165, 1.54) is 27.7 Å². The highest BCUT2D eigenvalue weighted by atomic mass is 32.2. The van der Waals surface area contributed by atoms with Gasteiger partial charge in [-0.1, -0.05) is 59.0 Å². The second kappa shape index (κ2) is 8.55. The summed E-state index contributed by atoms with van der Waals surface area (Å²) in [5, 5.41) is 3.32. The van der Waals surface area contributed by atoms with Crippen LogP contribution in [0.3, 0.4) is 0 Å². The van der Waals surface area contributed by atoms with Gasteiger partial charge in [-0.05, 0) is 43.4 Å². The Morgan fingerprint density at radius 3 is 2.57 bits per heavy atom. The molecule has 1 N–H and O–H groups in total. The highest BCUT2D eigenvalue weighted by molar-refractivity contribution is 7.99. The molecule has 2 aromatic heterocycles. The maximum absolute atomic E-state index is 12.9. The van der Waals surface area contributed by atoms with Crippen molar-refractivity contribution in [3.63, 3.8) is 0 Å². The molecule has 0 unspecified atom stereocenters. The number of rotatable bonds is 5. The van der Waals surface area contributed by atoms with E-state index in [9.17, 15) is 9.59 Å². The van der Waals surface area contributed by atoms with Gasteiger partial charge in [-0.3, -0.25) is 18.7 Å². The third-order valence-electron chi connectivity index (χ3n) is 4.46. The Bertz CT molecular complexity index is 1340. The summed E-state index contributed by atoms with van der Waals surface area (Å²) in [6.45, 7) is 1.99. The number of nitrogens with one attached hydrogen (secondary N) is 1. The number of carbonyl (C=O) groups excluding carboxylic acids is 1. The zero-order valence-corrected chi connectivity index (χ0v) is 18.7. The number of amides is 1. The van der Waals surface area contributed by atoms with E-state index in [4.69, 9.17) is 12.2 Å². The minimum atomic E-state index is -0.174. The van der Waals surface area contributed by atoms with Crippen LogP contribution < -0.4 is 10.9 Å². The maximum Gasteiger partial charge on any atom is 0.273 e. The van der Waals surface area contributed by atoms with Crippen molar-refractivity contribution >= 4 is 57.3 Å². The van der Waals surface area contributed by atoms with Crippen molar-refractivity contribution in [3.8, 4) is 5.69 Å². The van der Waals surface area contributed by atoms with Crippen molar-refractivity contribution in [2.24, 2.45) is 7.05 Å². The lowest BCUT2D eigenvalue weighted by atomic mass is 10.2. The molecule has 30 heavy (non-hydrogen) atoms. The molecule has 0 atom stereocenters. The molecule has 4 rings (SSSR count). The molecule has 0 aliphatic rings. The van der Waals surface area contributed by atoms with E-state index >= 15 is 0 Å². The smallest absolute Gasteiger partial charge is 0.273 e. The predicted molar refractivity (Wildman–Crippen MR) is 126 cm³/mol. The van der Waals surface area contributed by atoms with Crippen molar-refractivity contribution in [3.05, 3.63) is 74.5 Å². The average Bonchev–Trinajstić information content (AvgIpc) is 3.08. The van der Waals surface area contributed by atoms with Crippen LogP contribution in [0.4, 0.5) is 5.69 Å². The summed E-state index contributed by atoms with van der Waals surface area (Å²) in [5.41, 5.74) is 3.05. The number of benzene rings is 2. The van der Waals surface area contributed by atoms with Crippen LogP contribution in [0.1, 0.15) is 5.56 Å². The van der Waals surface area contributed by atoms with Crippen molar-refractivity contribution in [2.75, 3.05) is 11.1 Å². The Labute approximate surface area is 186 Å². The third kappa shape index (κ3) is 4.09. The average molecular weight is 455 g/mol. The van der Waals surface area contributed by atoms with Crippen molar-refractivity contribution < 1.29 is 4.79 Å². The maximum atomic E-state index is 12.9. The van der Waals surface area contributed by atoms with Gasteiger partial charge in [0.25, 0.3) is 5.56 Å². The highest BCUT2D eigenvalue weighted by Crippen LogP contribution is 2.25. The van der Waals surface area contributed by atoms with Crippen LogP contribution in [0.25, 0.3) is 16.0 Å². The number of hydrogen-bond acceptors (Lipinski definition) is 6. The normalized spacial score (nSPS) is 11.0. The minimum Gasteiger partial charge on any atom is -0.325 e. The first-order valence-electron chi connectivity index (χ1n) is 9.11. The Morgan fingerprint density at radius 2 is 1.87 bits per heavy atom. The van der Waals surface area contributed by atoms with Crippen LogP contribution in [-0.4, -0.2) is 25.8 Å². The summed E-state index contributed by atoms with van der Waals surface area (Å²) in [4.78, 5) is 29.9. The van der Waals surface area contributed by atoms with Gasteiger partial charge in [-0.25, -0.2) is 4.98 Å². The molecule has 0 saturated heterocycles. The summed E-state index contributed by atoms with van der Waals surface area (Å²) < 4.78 is 4.32. The molecule has 0 saturated carbocycles. The molecule has 4 aromatic rings. The van der Waals surface area contributed by atoms with Gasteiger partial charge in [0.2, 0.25) is 5.91 Å². The van der Waals surface area contributed by atoms with E-state index in [2.05, 4.69) is 10.3 Å². The molecule has 0 radical (unpaired) electrons. The molecule has 0 aliphatic heterocycles. The predicted octanol–water partition coefficient (Wildman–Crippen LogP) is 4.55. The van der Waals surface area contributed by atoms with Gasteiger partial charge in [0, 0.05) is 18.4 Å². The number of aromatic nitrogens is 3. The van der Waals surface area contributed by atoms with Crippen LogP contribution in [0.2, 0.25) is 0 Å². The first kappa shape index (κ1) is 20.5. The van der Waals surface area contributed by atoms with Crippen molar-refractivity contribution in [1.82, 2.24) is 14.1 Å². The minimum absolute atomic E-state index is 0.135. The van der Waals surface area contributed by atoms with Gasteiger partial charge < -0.3 is 5.32 Å². The molecule has 0 fully saturated rings. The summed E-state index contributed by atoms with van der Waals surface area (Å²) in [6, 6.07) is 17.2. The molecule has 152 valence electrons. The van der Waals surface area contributed by atoms with E-state index in [1.54, 1.807) is 11.6 Å². The topological polar surface area (TPSA) is 68.9 Å². The number of para-hydroxylation sites is 1. The summed E-state index contributed by atoms with van der Waals surface area (Å²) >= 11 is 7.95. The number of nitrogens with zero attached hydrogens (tertiary/aromatic N) is 3. The molecule has 6 nitrogen and oxygen atoms in total. The standard InChI is InChI=1S/C21H18N4O2S3/c1-13-8-10-14(11-9-13)22-16(26)12-29-20-23-18-17(19(27)24(20)2)30-21(28)25(18)15-6-4-3-5-7-15/h3-11H,12H2,1-2H3,(H,22,26). The van der Waals surface area contributed by atoms with Crippen LogP contribution in [0, 0.1) is 10.9 Å². The van der Waals surface area contributed by atoms with Gasteiger partial charge in [-0.15, -0.1) is 0 Å². The number of aryl methyl sites for hydroxylation is 1. The van der Waals surface area contributed by atoms with Gasteiger partial charge in [0.1, 0.15) is 4.70 Å². The van der Waals surface area contributed by atoms with E-state index in [-0.39, 0.29) is 17.2 Å². The van der Waals surface area contributed by atoms with Crippen LogP contribution in [-0.2, 0) is 11.8 Å². The molecule has 2 aromatic carbocycles. The highest BCUT2D eigenvalue weighted by Gasteiger charge is 2.17. The molecule has 9 heteroatoms. The monoisotopic (exact) mass is 454 g/mol. The van der Waals surface area contributed by atoms with Crippen molar-refractivity contribution in [2.45, 2.75) is 12.1 Å². The number of thiazole rings is 1. The molecule has 0 aliphatic carbocycles. The van der Waals surface area contributed by atoms with E-state index < -0.39 is 0 Å². The zero-order chi connectivity index (χ0) is 21.3. The fourth-order valence-electron chi connectivity index (χ4n) is 2.91. The number of fused-ring (bicyclic) bond motifs is 1. The zero-order valence-electron chi connectivity index (χ0n) is 16.3. The fraction of sp³-hybridized carbons (Fsp3) is 0.143. The second-order valence-corrected chi connectivity index (χ2v) is 9.24. The van der Waals surface area contributed by atoms with E-state index in [1.807, 2.05) is 61.5 Å². The number of carbonyl (C=O) groups is 1. The summed E-state index contributed by atoms with van der Waals surface area (Å²) in [7, 11) is 1.66. The Kier molecular flexibility index (Phi) is 5.85. The molecule has 2 heterocycles. The lowest BCUT2D eigenvalue weighted by Gasteiger charge is -2.09. The van der Waals surface area contributed by atoms with E-state index in [0.717, 1.165) is 16.9 Å². The van der Waals surface area contributed by atoms with Crippen molar-refractivity contribution in [1.29, 1.82) is 0 Å². The molecule has 0 bridgehead atoms. The van der Waals surface area contributed by atoms with E-state index in [0.29, 0.717) is 19.5 Å². The first-order chi connectivity index (χ1) is 14.4. The Hall–Kier alpha value is -2.75. The molecular formula is C21H18N4O2S3. The number of anilines is 1. The molecule has 0 spiro atoms. The fourth-order valence-corrected chi connectivity index (χ4v) is 5.02. The first-order valence-corrected chi connectivity index (χ1v) is 11.3. The number of hydrogen-bond donors (Lipinski definition) is 1. The Balaban J connectivity index is 1.63. The SMILES string of the molecule is Cc1ccc(NC(=O)CSc2nc3c(sc(=S)n3-c3ccccc3)c(=O)n2C)cc1.